The first-order valence-electron chi connectivity index (χ1n) is 11.4. The highest BCUT2D eigenvalue weighted by Crippen LogP contribution is 2.60. The van der Waals surface area contributed by atoms with Gasteiger partial charge in [-0.1, -0.05) is 35.3 Å². The third-order valence-corrected chi connectivity index (χ3v) is 9.22. The van der Waals surface area contributed by atoms with Crippen molar-refractivity contribution in [3.8, 4) is 0 Å². The van der Waals surface area contributed by atoms with Crippen molar-refractivity contribution in [3.05, 3.63) is 58.1 Å². The normalized spacial score (nSPS) is 28.0. The fourth-order valence-electron chi connectivity index (χ4n) is 6.79. The molecule has 5 nitrogen and oxygen atoms in total. The first-order valence-corrected chi connectivity index (χ1v) is 14.0. The molecule has 6 rings (SSSR count). The van der Waals surface area contributed by atoms with E-state index in [1.165, 1.54) is 62.3 Å². The molecular formula is C25H28Cl2N2O3S. The van der Waals surface area contributed by atoms with Crippen molar-refractivity contribution in [3.63, 3.8) is 0 Å². The van der Waals surface area contributed by atoms with E-state index in [9.17, 15) is 13.2 Å². The molecule has 4 saturated carbocycles. The van der Waals surface area contributed by atoms with E-state index in [2.05, 4.69) is 17.4 Å². The average molecular weight is 507 g/mol. The summed E-state index contributed by atoms with van der Waals surface area (Å²) in [5.41, 5.74) is 2.59. The van der Waals surface area contributed by atoms with Gasteiger partial charge in [-0.25, -0.2) is 8.42 Å². The Morgan fingerprint density at radius 3 is 1.97 bits per heavy atom. The van der Waals surface area contributed by atoms with Crippen LogP contribution in [0.2, 0.25) is 10.0 Å². The number of hydrogen-bond donors (Lipinski definition) is 1. The second-order valence-electron chi connectivity index (χ2n) is 10.2. The molecular weight excluding hydrogens is 479 g/mol. The molecule has 0 radical (unpaired) electrons. The fraction of sp³-hybridized carbons (Fsp3) is 0.480. The number of hydrogen-bond acceptors (Lipinski definition) is 3. The highest BCUT2D eigenvalue weighted by Gasteiger charge is 2.51. The molecule has 1 amide bonds. The van der Waals surface area contributed by atoms with Gasteiger partial charge in [0.1, 0.15) is 6.54 Å². The van der Waals surface area contributed by atoms with E-state index in [1.807, 2.05) is 12.1 Å². The smallest absolute Gasteiger partial charge is 0.245 e. The topological polar surface area (TPSA) is 66.5 Å². The van der Waals surface area contributed by atoms with Crippen LogP contribution < -0.4 is 9.62 Å². The van der Waals surface area contributed by atoms with Crippen molar-refractivity contribution in [2.24, 2.45) is 17.8 Å². The van der Waals surface area contributed by atoms with Gasteiger partial charge in [0.2, 0.25) is 15.9 Å². The van der Waals surface area contributed by atoms with Crippen LogP contribution in [0.25, 0.3) is 0 Å². The molecule has 4 aliphatic carbocycles. The maximum Gasteiger partial charge on any atom is 0.245 e. The van der Waals surface area contributed by atoms with Gasteiger partial charge in [0.25, 0.3) is 0 Å². The molecule has 33 heavy (non-hydrogen) atoms. The van der Waals surface area contributed by atoms with Crippen LogP contribution in [0, 0.1) is 17.8 Å². The number of rotatable bonds is 6. The molecule has 0 saturated heterocycles. The van der Waals surface area contributed by atoms with Gasteiger partial charge in [-0.15, -0.1) is 0 Å². The summed E-state index contributed by atoms with van der Waals surface area (Å²) < 4.78 is 25.7. The molecule has 0 spiro atoms. The maximum atomic E-state index is 12.7. The van der Waals surface area contributed by atoms with Crippen molar-refractivity contribution in [1.82, 2.24) is 0 Å². The monoisotopic (exact) mass is 506 g/mol. The second-order valence-corrected chi connectivity index (χ2v) is 13.0. The largest absolute Gasteiger partial charge is 0.325 e. The summed E-state index contributed by atoms with van der Waals surface area (Å²) in [6.45, 7) is -0.369. The van der Waals surface area contributed by atoms with E-state index in [4.69, 9.17) is 23.2 Å². The summed E-state index contributed by atoms with van der Waals surface area (Å²) in [6, 6.07) is 12.6. The predicted molar refractivity (Wildman–Crippen MR) is 134 cm³/mol. The van der Waals surface area contributed by atoms with Crippen LogP contribution in [0.3, 0.4) is 0 Å². The maximum absolute atomic E-state index is 12.7. The van der Waals surface area contributed by atoms with Gasteiger partial charge in [0, 0.05) is 15.7 Å². The Bertz CT molecular complexity index is 1130. The average Bonchev–Trinajstić information content (AvgIpc) is 2.70. The van der Waals surface area contributed by atoms with Crippen molar-refractivity contribution in [2.45, 2.75) is 43.9 Å². The number of nitrogens with zero attached hydrogens (tertiary/aromatic N) is 1. The molecule has 2 aromatic rings. The number of nitrogens with one attached hydrogen (secondary N) is 1. The van der Waals surface area contributed by atoms with Crippen LogP contribution in [-0.4, -0.2) is 27.1 Å². The summed E-state index contributed by atoms with van der Waals surface area (Å²) in [6.07, 6.45) is 9.13. The molecule has 1 N–H and O–H groups in total. The van der Waals surface area contributed by atoms with Crippen LogP contribution in [0.4, 0.5) is 11.4 Å². The van der Waals surface area contributed by atoms with Crippen molar-refractivity contribution >= 4 is 50.5 Å². The summed E-state index contributed by atoms with van der Waals surface area (Å²) in [7, 11) is -3.72. The molecule has 176 valence electrons. The van der Waals surface area contributed by atoms with Crippen LogP contribution in [0.1, 0.15) is 44.1 Å². The lowest BCUT2D eigenvalue weighted by Gasteiger charge is -2.57. The molecule has 2 aromatic carbocycles. The fourth-order valence-corrected chi connectivity index (χ4v) is 8.14. The molecule has 8 heteroatoms. The molecule has 0 atom stereocenters. The van der Waals surface area contributed by atoms with Crippen molar-refractivity contribution in [1.29, 1.82) is 0 Å². The minimum atomic E-state index is -3.72. The number of halogens is 2. The SMILES string of the molecule is CS(=O)(=O)N(CC(=O)Nc1ccc(C23CC4CC(CC(C4)C2)C3)cc1)c1cc(Cl)cc(Cl)c1. The molecule has 4 fully saturated rings. The molecule has 0 aliphatic heterocycles. The van der Waals surface area contributed by atoms with Gasteiger partial charge in [-0.2, -0.15) is 0 Å². The number of anilines is 2. The van der Waals surface area contributed by atoms with E-state index in [1.54, 1.807) is 0 Å². The Hall–Kier alpha value is -1.76. The van der Waals surface area contributed by atoms with Crippen LogP contribution in [-0.2, 0) is 20.2 Å². The Morgan fingerprint density at radius 1 is 0.970 bits per heavy atom. The zero-order chi connectivity index (χ0) is 23.4. The summed E-state index contributed by atoms with van der Waals surface area (Å²) in [4.78, 5) is 12.7. The van der Waals surface area contributed by atoms with Crippen LogP contribution in [0.15, 0.2) is 42.5 Å². The lowest BCUT2D eigenvalue weighted by atomic mass is 9.48. The minimum absolute atomic E-state index is 0.252. The van der Waals surface area contributed by atoms with Gasteiger partial charge in [-0.05, 0) is 97.6 Å². The van der Waals surface area contributed by atoms with E-state index in [0.29, 0.717) is 21.1 Å². The Balaban J connectivity index is 1.30. The molecule has 4 aliphatic rings. The highest BCUT2D eigenvalue weighted by molar-refractivity contribution is 7.92. The third kappa shape index (κ3) is 4.75. The standard InChI is InChI=1S/C25H28Cl2N2O3S/c1-33(31,32)29(23-10-20(26)9-21(27)11-23)15-24(30)28-22-4-2-19(3-5-22)25-12-16-6-17(13-25)8-18(7-16)14-25/h2-5,9-11,16-18H,6-8,12-15H2,1H3,(H,28,30). The molecule has 0 heterocycles. The third-order valence-electron chi connectivity index (χ3n) is 7.64. The first kappa shape index (κ1) is 23.0. The van der Waals surface area contributed by atoms with E-state index in [-0.39, 0.29) is 12.2 Å². The zero-order valence-corrected chi connectivity index (χ0v) is 20.9. The quantitative estimate of drug-likeness (QED) is 0.532. The Kier molecular flexibility index (Phi) is 5.91. The Morgan fingerprint density at radius 2 is 1.48 bits per heavy atom. The van der Waals surface area contributed by atoms with E-state index < -0.39 is 15.9 Å². The van der Waals surface area contributed by atoms with E-state index >= 15 is 0 Å². The van der Waals surface area contributed by atoms with Gasteiger partial charge >= 0.3 is 0 Å². The Labute approximate surface area is 205 Å². The lowest BCUT2D eigenvalue weighted by Crippen LogP contribution is -2.48. The van der Waals surface area contributed by atoms with Crippen molar-refractivity contribution in [2.75, 3.05) is 22.4 Å². The van der Waals surface area contributed by atoms with Gasteiger partial charge in [0.15, 0.2) is 0 Å². The minimum Gasteiger partial charge on any atom is -0.325 e. The van der Waals surface area contributed by atoms with Gasteiger partial charge in [-0.3, -0.25) is 9.10 Å². The number of sulfonamides is 1. The number of benzene rings is 2. The number of carbonyl (C=O) groups is 1. The van der Waals surface area contributed by atoms with E-state index in [0.717, 1.165) is 28.3 Å². The van der Waals surface area contributed by atoms with Crippen molar-refractivity contribution < 1.29 is 13.2 Å². The highest BCUT2D eigenvalue weighted by atomic mass is 35.5. The lowest BCUT2D eigenvalue weighted by molar-refractivity contribution is -0.114. The zero-order valence-electron chi connectivity index (χ0n) is 18.6. The molecule has 0 aromatic heterocycles. The molecule has 0 unspecified atom stereocenters. The second kappa shape index (κ2) is 8.47. The van der Waals surface area contributed by atoms with Gasteiger partial charge in [0.05, 0.1) is 11.9 Å². The predicted octanol–water partition coefficient (Wildman–Crippen LogP) is 5.87. The number of amides is 1. The summed E-state index contributed by atoms with van der Waals surface area (Å²) in [5, 5.41) is 3.43. The summed E-state index contributed by atoms with van der Waals surface area (Å²) >= 11 is 12.1. The molecule has 4 bridgehead atoms. The first-order chi connectivity index (χ1) is 15.6. The van der Waals surface area contributed by atoms with Crippen LogP contribution in [0.5, 0.6) is 0 Å². The van der Waals surface area contributed by atoms with Crippen LogP contribution >= 0.6 is 23.2 Å². The number of carbonyl (C=O) groups excluding carboxylic acids is 1. The summed E-state index contributed by atoms with van der Waals surface area (Å²) in [5.74, 6) is 2.19. The van der Waals surface area contributed by atoms with Gasteiger partial charge < -0.3 is 5.32 Å².